The Morgan fingerprint density at radius 2 is 2.23 bits per heavy atom. The zero-order valence-corrected chi connectivity index (χ0v) is 14.2. The largest absolute Gasteiger partial charge is 0.464 e. The van der Waals surface area contributed by atoms with E-state index in [-0.39, 0.29) is 12.0 Å². The smallest absolute Gasteiger partial charge is 0.328 e. The van der Waals surface area contributed by atoms with Crippen LogP contribution in [-0.2, 0) is 9.53 Å². The number of piperidine rings is 1. The summed E-state index contributed by atoms with van der Waals surface area (Å²) in [6.45, 7) is 3.11. The Kier molecular flexibility index (Phi) is 4.62. The van der Waals surface area contributed by atoms with Gasteiger partial charge in [-0.05, 0) is 56.5 Å². The molecule has 0 spiro atoms. The number of aromatic nitrogens is 1. The molecule has 0 saturated carbocycles. The summed E-state index contributed by atoms with van der Waals surface area (Å²) in [6.07, 6.45) is 2.97. The molecule has 1 unspecified atom stereocenters. The van der Waals surface area contributed by atoms with Crippen molar-refractivity contribution in [2.45, 2.75) is 32.2 Å². The van der Waals surface area contributed by atoms with Crippen LogP contribution in [0, 0.1) is 0 Å². The summed E-state index contributed by atoms with van der Waals surface area (Å²) in [5, 5.41) is 1.09. The maximum absolute atomic E-state index is 12.2. The molecule has 0 bridgehead atoms. The molecule has 22 heavy (non-hydrogen) atoms. The minimum absolute atomic E-state index is 0.139. The van der Waals surface area contributed by atoms with Gasteiger partial charge in [-0.1, -0.05) is 15.9 Å². The average Bonchev–Trinajstić information content (AvgIpc) is 2.54. The summed E-state index contributed by atoms with van der Waals surface area (Å²) in [7, 11) is 0. The number of hydrogen-bond donors (Lipinski definition) is 0. The van der Waals surface area contributed by atoms with Crippen LogP contribution in [0.2, 0.25) is 0 Å². The van der Waals surface area contributed by atoms with Crippen molar-refractivity contribution >= 4 is 38.6 Å². The quantitative estimate of drug-likeness (QED) is 0.776. The van der Waals surface area contributed by atoms with Crippen LogP contribution in [0.1, 0.15) is 26.2 Å². The van der Waals surface area contributed by atoms with Gasteiger partial charge in [0.15, 0.2) is 0 Å². The summed E-state index contributed by atoms with van der Waals surface area (Å²) in [5.41, 5.74) is 0.939. The van der Waals surface area contributed by atoms with E-state index >= 15 is 0 Å². The number of rotatable bonds is 3. The number of nitrogens with zero attached hydrogens (tertiary/aromatic N) is 2. The molecule has 2 heterocycles. The van der Waals surface area contributed by atoms with Gasteiger partial charge in [-0.15, -0.1) is 0 Å². The van der Waals surface area contributed by atoms with Crippen LogP contribution in [0.3, 0.4) is 0 Å². The van der Waals surface area contributed by atoms with Gasteiger partial charge in [0.25, 0.3) is 0 Å². The first kappa shape index (κ1) is 15.3. The van der Waals surface area contributed by atoms with E-state index in [0.29, 0.717) is 6.61 Å². The van der Waals surface area contributed by atoms with Crippen LogP contribution >= 0.6 is 15.9 Å². The number of carbonyl (C=O) groups excluding carboxylic acids is 1. The summed E-state index contributed by atoms with van der Waals surface area (Å²) in [6, 6.07) is 9.86. The highest BCUT2D eigenvalue weighted by Crippen LogP contribution is 2.27. The van der Waals surface area contributed by atoms with Gasteiger partial charge in [0.2, 0.25) is 0 Å². The van der Waals surface area contributed by atoms with Gasteiger partial charge in [-0.2, -0.15) is 0 Å². The Morgan fingerprint density at radius 3 is 3.05 bits per heavy atom. The van der Waals surface area contributed by atoms with Crippen molar-refractivity contribution in [3.8, 4) is 0 Å². The molecule has 0 N–H and O–H groups in total. The molecule has 0 radical (unpaired) electrons. The number of halogens is 1. The fourth-order valence-corrected chi connectivity index (χ4v) is 3.31. The molecule has 1 fully saturated rings. The third-order valence-corrected chi connectivity index (χ3v) is 4.49. The lowest BCUT2D eigenvalue weighted by molar-refractivity contribution is -0.145. The number of fused-ring (bicyclic) bond motifs is 1. The predicted molar refractivity (Wildman–Crippen MR) is 91.1 cm³/mol. The minimum atomic E-state index is -0.214. The van der Waals surface area contributed by atoms with Gasteiger partial charge >= 0.3 is 5.97 Å². The number of pyridine rings is 1. The molecule has 4 nitrogen and oxygen atoms in total. The van der Waals surface area contributed by atoms with E-state index in [9.17, 15) is 4.79 Å². The molecule has 1 aliphatic rings. The number of esters is 1. The van der Waals surface area contributed by atoms with E-state index in [2.05, 4.69) is 26.9 Å². The second-order valence-corrected chi connectivity index (χ2v) is 6.38. The number of hydrogen-bond acceptors (Lipinski definition) is 4. The van der Waals surface area contributed by atoms with Crippen molar-refractivity contribution in [1.29, 1.82) is 0 Å². The summed E-state index contributed by atoms with van der Waals surface area (Å²) < 4.78 is 6.26. The first-order valence-corrected chi connectivity index (χ1v) is 8.48. The van der Waals surface area contributed by atoms with Crippen molar-refractivity contribution in [2.24, 2.45) is 0 Å². The molecule has 0 amide bonds. The topological polar surface area (TPSA) is 42.4 Å². The van der Waals surface area contributed by atoms with E-state index in [1.54, 1.807) is 0 Å². The van der Waals surface area contributed by atoms with Crippen molar-refractivity contribution in [2.75, 3.05) is 18.1 Å². The number of anilines is 1. The molecule has 1 aromatic heterocycles. The van der Waals surface area contributed by atoms with Crippen LogP contribution in [0.15, 0.2) is 34.8 Å². The Morgan fingerprint density at radius 1 is 1.36 bits per heavy atom. The maximum Gasteiger partial charge on any atom is 0.328 e. The van der Waals surface area contributed by atoms with Crippen LogP contribution in [0.25, 0.3) is 10.9 Å². The Hall–Kier alpha value is -1.62. The van der Waals surface area contributed by atoms with Gasteiger partial charge in [0.1, 0.15) is 11.9 Å². The number of carbonyl (C=O) groups is 1. The standard InChI is InChI=1S/C17H19BrN2O2/c1-2-22-17(21)15-5-3-4-10-20(15)16-9-6-12-11-13(18)7-8-14(12)19-16/h6-9,11,15H,2-5,10H2,1H3. The van der Waals surface area contributed by atoms with Gasteiger partial charge < -0.3 is 9.64 Å². The Bertz CT molecular complexity index is 689. The molecule has 116 valence electrons. The number of benzene rings is 1. The molecule has 1 aliphatic heterocycles. The minimum Gasteiger partial charge on any atom is -0.464 e. The van der Waals surface area contributed by atoms with Crippen molar-refractivity contribution in [1.82, 2.24) is 4.98 Å². The fourth-order valence-electron chi connectivity index (χ4n) is 2.93. The second kappa shape index (κ2) is 6.65. The van der Waals surface area contributed by atoms with Crippen LogP contribution in [0.4, 0.5) is 5.82 Å². The van der Waals surface area contributed by atoms with E-state index in [0.717, 1.165) is 47.0 Å². The highest BCUT2D eigenvalue weighted by molar-refractivity contribution is 9.10. The van der Waals surface area contributed by atoms with E-state index in [1.807, 2.05) is 31.2 Å². The Balaban J connectivity index is 1.93. The Labute approximate surface area is 138 Å². The summed E-state index contributed by atoms with van der Waals surface area (Å²) in [4.78, 5) is 19.0. The molecule has 2 aromatic rings. The van der Waals surface area contributed by atoms with Crippen LogP contribution < -0.4 is 4.90 Å². The summed E-state index contributed by atoms with van der Waals surface area (Å²) in [5.74, 6) is 0.715. The van der Waals surface area contributed by atoms with Crippen LogP contribution in [-0.4, -0.2) is 30.1 Å². The normalized spacial score (nSPS) is 18.5. The maximum atomic E-state index is 12.2. The second-order valence-electron chi connectivity index (χ2n) is 5.46. The first-order chi connectivity index (χ1) is 10.7. The lowest BCUT2D eigenvalue weighted by Crippen LogP contribution is -2.46. The lowest BCUT2D eigenvalue weighted by atomic mass is 10.0. The van der Waals surface area contributed by atoms with E-state index < -0.39 is 0 Å². The van der Waals surface area contributed by atoms with Gasteiger partial charge in [-0.3, -0.25) is 0 Å². The van der Waals surface area contributed by atoms with Gasteiger partial charge in [-0.25, -0.2) is 9.78 Å². The monoisotopic (exact) mass is 362 g/mol. The third-order valence-electron chi connectivity index (χ3n) is 3.99. The molecule has 1 saturated heterocycles. The zero-order valence-electron chi connectivity index (χ0n) is 12.6. The van der Waals surface area contributed by atoms with Gasteiger partial charge in [0.05, 0.1) is 12.1 Å². The first-order valence-electron chi connectivity index (χ1n) is 7.68. The van der Waals surface area contributed by atoms with Crippen LogP contribution in [0.5, 0.6) is 0 Å². The molecule has 3 rings (SSSR count). The fraction of sp³-hybridized carbons (Fsp3) is 0.412. The van der Waals surface area contributed by atoms with Crippen molar-refractivity contribution < 1.29 is 9.53 Å². The molecular weight excluding hydrogens is 344 g/mol. The SMILES string of the molecule is CCOC(=O)C1CCCCN1c1ccc2cc(Br)ccc2n1. The number of ether oxygens (including phenoxy) is 1. The van der Waals surface area contributed by atoms with Crippen molar-refractivity contribution in [3.05, 3.63) is 34.8 Å². The van der Waals surface area contributed by atoms with Gasteiger partial charge in [0, 0.05) is 16.4 Å². The molecular formula is C17H19BrN2O2. The zero-order chi connectivity index (χ0) is 15.5. The predicted octanol–water partition coefficient (Wildman–Crippen LogP) is 3.92. The third kappa shape index (κ3) is 3.09. The average molecular weight is 363 g/mol. The molecule has 5 heteroatoms. The van der Waals surface area contributed by atoms with E-state index in [4.69, 9.17) is 9.72 Å². The van der Waals surface area contributed by atoms with E-state index in [1.165, 1.54) is 0 Å². The highest BCUT2D eigenvalue weighted by atomic mass is 79.9. The molecule has 1 aromatic carbocycles. The lowest BCUT2D eigenvalue weighted by Gasteiger charge is -2.35. The van der Waals surface area contributed by atoms with Crippen molar-refractivity contribution in [3.63, 3.8) is 0 Å². The molecule has 0 aliphatic carbocycles. The molecule has 1 atom stereocenters. The highest BCUT2D eigenvalue weighted by Gasteiger charge is 2.30. The summed E-state index contributed by atoms with van der Waals surface area (Å²) >= 11 is 3.47.